The molecule has 116 valence electrons. The highest BCUT2D eigenvalue weighted by atomic mass is 16.1. The molecule has 1 amide bonds. The minimum absolute atomic E-state index is 0.0459. The van der Waals surface area contributed by atoms with Crippen molar-refractivity contribution in [1.29, 1.82) is 0 Å². The first-order valence-corrected chi connectivity index (χ1v) is 7.91. The SMILES string of the molecule is CCNc1cc(C)ncc1C(=O)NCCN1CCCCC1. The highest BCUT2D eigenvalue weighted by Crippen LogP contribution is 2.15. The zero-order valence-corrected chi connectivity index (χ0v) is 13.1. The molecule has 1 aliphatic rings. The topological polar surface area (TPSA) is 57.3 Å². The van der Waals surface area contributed by atoms with E-state index in [9.17, 15) is 4.79 Å². The maximum atomic E-state index is 12.3. The van der Waals surface area contributed by atoms with Crippen LogP contribution >= 0.6 is 0 Å². The first-order chi connectivity index (χ1) is 10.2. The molecule has 21 heavy (non-hydrogen) atoms. The molecule has 1 saturated heterocycles. The number of anilines is 1. The second kappa shape index (κ2) is 7.98. The minimum atomic E-state index is -0.0459. The molecule has 1 aromatic rings. The second-order valence-electron chi connectivity index (χ2n) is 5.56. The van der Waals surface area contributed by atoms with Crippen molar-refractivity contribution in [3.63, 3.8) is 0 Å². The lowest BCUT2D eigenvalue weighted by molar-refractivity contribution is 0.0947. The van der Waals surface area contributed by atoms with Gasteiger partial charge < -0.3 is 15.5 Å². The predicted molar refractivity (Wildman–Crippen MR) is 85.8 cm³/mol. The third-order valence-corrected chi connectivity index (χ3v) is 3.81. The van der Waals surface area contributed by atoms with Crippen molar-refractivity contribution in [2.24, 2.45) is 0 Å². The lowest BCUT2D eigenvalue weighted by Crippen LogP contribution is -2.37. The zero-order chi connectivity index (χ0) is 15.1. The minimum Gasteiger partial charge on any atom is -0.385 e. The van der Waals surface area contributed by atoms with Gasteiger partial charge in [-0.1, -0.05) is 6.42 Å². The summed E-state index contributed by atoms with van der Waals surface area (Å²) in [5.74, 6) is -0.0459. The van der Waals surface area contributed by atoms with Gasteiger partial charge in [-0.3, -0.25) is 9.78 Å². The van der Waals surface area contributed by atoms with Gasteiger partial charge in [-0.2, -0.15) is 0 Å². The van der Waals surface area contributed by atoms with Crippen LogP contribution < -0.4 is 10.6 Å². The van der Waals surface area contributed by atoms with Crippen LogP contribution in [-0.2, 0) is 0 Å². The molecule has 0 saturated carbocycles. The number of hydrogen-bond donors (Lipinski definition) is 2. The van der Waals surface area contributed by atoms with Crippen LogP contribution in [0.25, 0.3) is 0 Å². The Bertz CT molecular complexity index is 469. The Morgan fingerprint density at radius 2 is 2.10 bits per heavy atom. The van der Waals surface area contributed by atoms with Gasteiger partial charge in [-0.05, 0) is 45.8 Å². The molecule has 0 radical (unpaired) electrons. The van der Waals surface area contributed by atoms with Crippen LogP contribution in [0.4, 0.5) is 5.69 Å². The molecule has 1 aromatic heterocycles. The summed E-state index contributed by atoms with van der Waals surface area (Å²) in [4.78, 5) is 18.9. The van der Waals surface area contributed by atoms with Crippen molar-refractivity contribution in [1.82, 2.24) is 15.2 Å². The fraction of sp³-hybridized carbons (Fsp3) is 0.625. The van der Waals surface area contributed by atoms with Crippen LogP contribution in [0.3, 0.4) is 0 Å². The van der Waals surface area contributed by atoms with Gasteiger partial charge in [0.25, 0.3) is 5.91 Å². The lowest BCUT2D eigenvalue weighted by Gasteiger charge is -2.26. The van der Waals surface area contributed by atoms with E-state index in [2.05, 4.69) is 20.5 Å². The Labute approximate surface area is 127 Å². The second-order valence-corrected chi connectivity index (χ2v) is 5.56. The maximum Gasteiger partial charge on any atom is 0.254 e. The van der Waals surface area contributed by atoms with Crippen molar-refractivity contribution in [3.8, 4) is 0 Å². The maximum absolute atomic E-state index is 12.3. The summed E-state index contributed by atoms with van der Waals surface area (Å²) in [6.07, 6.45) is 5.55. The first kappa shape index (κ1) is 15.8. The number of nitrogens with zero attached hydrogens (tertiary/aromatic N) is 2. The van der Waals surface area contributed by atoms with Crippen LogP contribution in [0, 0.1) is 6.92 Å². The number of piperidine rings is 1. The van der Waals surface area contributed by atoms with Gasteiger partial charge in [-0.15, -0.1) is 0 Å². The van der Waals surface area contributed by atoms with Gasteiger partial charge in [0.2, 0.25) is 0 Å². The normalized spacial score (nSPS) is 15.7. The molecule has 0 bridgehead atoms. The van der Waals surface area contributed by atoms with Crippen LogP contribution in [0.1, 0.15) is 42.2 Å². The molecule has 0 unspecified atom stereocenters. The molecule has 1 aliphatic heterocycles. The van der Waals surface area contributed by atoms with Crippen molar-refractivity contribution in [3.05, 3.63) is 23.5 Å². The lowest BCUT2D eigenvalue weighted by atomic mass is 10.1. The van der Waals surface area contributed by atoms with Crippen LogP contribution in [0.2, 0.25) is 0 Å². The number of carbonyl (C=O) groups is 1. The molecule has 0 aromatic carbocycles. The summed E-state index contributed by atoms with van der Waals surface area (Å²) < 4.78 is 0. The summed E-state index contributed by atoms with van der Waals surface area (Å²) in [6, 6.07) is 1.92. The molecule has 2 N–H and O–H groups in total. The third-order valence-electron chi connectivity index (χ3n) is 3.81. The highest BCUT2D eigenvalue weighted by molar-refractivity contribution is 5.99. The number of hydrogen-bond acceptors (Lipinski definition) is 4. The molecule has 5 heteroatoms. The molecule has 2 rings (SSSR count). The Morgan fingerprint density at radius 3 is 2.81 bits per heavy atom. The zero-order valence-electron chi connectivity index (χ0n) is 13.1. The summed E-state index contributed by atoms with van der Waals surface area (Å²) in [5, 5.41) is 6.23. The number of carbonyl (C=O) groups excluding carboxylic acids is 1. The van der Waals surface area contributed by atoms with Gasteiger partial charge in [-0.25, -0.2) is 0 Å². The van der Waals surface area contributed by atoms with Crippen molar-refractivity contribution in [2.45, 2.75) is 33.1 Å². The van der Waals surface area contributed by atoms with E-state index in [0.29, 0.717) is 12.1 Å². The molecular weight excluding hydrogens is 264 g/mol. The molecule has 0 atom stereocenters. The first-order valence-electron chi connectivity index (χ1n) is 7.91. The number of likely N-dealkylation sites (tertiary alicyclic amines) is 1. The highest BCUT2D eigenvalue weighted by Gasteiger charge is 2.13. The van der Waals surface area contributed by atoms with Crippen molar-refractivity contribution >= 4 is 11.6 Å². The smallest absolute Gasteiger partial charge is 0.254 e. The molecule has 0 aliphatic carbocycles. The summed E-state index contributed by atoms with van der Waals surface area (Å²) >= 11 is 0. The molecule has 0 spiro atoms. The largest absolute Gasteiger partial charge is 0.385 e. The number of rotatable bonds is 6. The monoisotopic (exact) mass is 290 g/mol. The summed E-state index contributed by atoms with van der Waals surface area (Å²) in [7, 11) is 0. The van der Waals surface area contributed by atoms with Crippen molar-refractivity contribution in [2.75, 3.05) is 38.0 Å². The Hall–Kier alpha value is -1.62. The van der Waals surface area contributed by atoms with E-state index in [0.717, 1.165) is 37.6 Å². The van der Waals surface area contributed by atoms with Gasteiger partial charge in [0.05, 0.1) is 11.3 Å². The van der Waals surface area contributed by atoms with E-state index in [1.54, 1.807) is 6.20 Å². The Balaban J connectivity index is 1.87. The van der Waals surface area contributed by atoms with Gasteiger partial charge in [0.1, 0.15) is 0 Å². The van der Waals surface area contributed by atoms with E-state index in [-0.39, 0.29) is 5.91 Å². The quantitative estimate of drug-likeness (QED) is 0.842. The van der Waals surface area contributed by atoms with E-state index in [1.807, 2.05) is 19.9 Å². The van der Waals surface area contributed by atoms with E-state index in [1.165, 1.54) is 19.3 Å². The predicted octanol–water partition coefficient (Wildman–Crippen LogP) is 2.04. The third kappa shape index (κ3) is 4.70. The average Bonchev–Trinajstić information content (AvgIpc) is 2.49. The average molecular weight is 290 g/mol. The van der Waals surface area contributed by atoms with Gasteiger partial charge in [0.15, 0.2) is 0 Å². The molecule has 2 heterocycles. The molecule has 5 nitrogen and oxygen atoms in total. The molecular formula is C16H26N4O. The fourth-order valence-corrected chi connectivity index (χ4v) is 2.68. The Kier molecular flexibility index (Phi) is 5.99. The van der Waals surface area contributed by atoms with Gasteiger partial charge in [0, 0.05) is 31.5 Å². The fourth-order valence-electron chi connectivity index (χ4n) is 2.68. The standard InChI is InChI=1S/C16H26N4O/c1-3-17-15-11-13(2)19-12-14(15)16(21)18-7-10-20-8-5-4-6-9-20/h11-12H,3-10H2,1-2H3,(H,17,19)(H,18,21). The van der Waals surface area contributed by atoms with Crippen LogP contribution in [-0.4, -0.2) is 48.5 Å². The summed E-state index contributed by atoms with van der Waals surface area (Å²) in [6.45, 7) is 8.68. The Morgan fingerprint density at radius 1 is 1.33 bits per heavy atom. The number of amides is 1. The van der Waals surface area contributed by atoms with Gasteiger partial charge >= 0.3 is 0 Å². The van der Waals surface area contributed by atoms with E-state index < -0.39 is 0 Å². The number of aryl methyl sites for hydroxylation is 1. The van der Waals surface area contributed by atoms with Crippen molar-refractivity contribution < 1.29 is 4.79 Å². The van der Waals surface area contributed by atoms with Crippen LogP contribution in [0.5, 0.6) is 0 Å². The van der Waals surface area contributed by atoms with E-state index >= 15 is 0 Å². The number of pyridine rings is 1. The summed E-state index contributed by atoms with van der Waals surface area (Å²) in [5.41, 5.74) is 2.40. The van der Waals surface area contributed by atoms with Crippen LogP contribution in [0.15, 0.2) is 12.3 Å². The van der Waals surface area contributed by atoms with E-state index in [4.69, 9.17) is 0 Å². The number of nitrogens with one attached hydrogen (secondary N) is 2. The number of aromatic nitrogens is 1. The molecule has 1 fully saturated rings.